The lowest BCUT2D eigenvalue weighted by Gasteiger charge is -2.09. The van der Waals surface area contributed by atoms with Gasteiger partial charge in [-0.3, -0.25) is 10.1 Å². The molecule has 0 aliphatic heterocycles. The Labute approximate surface area is 95.8 Å². The first-order valence-electron chi connectivity index (χ1n) is 5.50. The number of para-hydroxylation sites is 1. The van der Waals surface area contributed by atoms with Crippen molar-refractivity contribution in [1.29, 1.82) is 0 Å². The van der Waals surface area contributed by atoms with Crippen LogP contribution in [-0.2, 0) is 0 Å². The Morgan fingerprint density at radius 1 is 1.44 bits per heavy atom. The van der Waals surface area contributed by atoms with Gasteiger partial charge in [-0.1, -0.05) is 26.0 Å². The highest BCUT2D eigenvalue weighted by molar-refractivity contribution is 5.64. The Bertz CT molecular complexity index is 375. The molecule has 0 spiro atoms. The summed E-state index contributed by atoms with van der Waals surface area (Å²) in [6, 6.07) is 5.34. The van der Waals surface area contributed by atoms with E-state index in [0.29, 0.717) is 17.2 Å². The third kappa shape index (κ3) is 3.22. The summed E-state index contributed by atoms with van der Waals surface area (Å²) in [5.41, 5.74) is 1.50. The average Bonchev–Trinajstić information content (AvgIpc) is 2.16. The Hall–Kier alpha value is -1.58. The minimum absolute atomic E-state index is 0.186. The number of anilines is 1. The van der Waals surface area contributed by atoms with Crippen LogP contribution in [0.5, 0.6) is 0 Å². The van der Waals surface area contributed by atoms with Gasteiger partial charge in [0.25, 0.3) is 5.69 Å². The monoisotopic (exact) mass is 222 g/mol. The lowest BCUT2D eigenvalue weighted by atomic mass is 10.1. The van der Waals surface area contributed by atoms with E-state index in [2.05, 4.69) is 19.2 Å². The van der Waals surface area contributed by atoms with Gasteiger partial charge in [0, 0.05) is 12.1 Å². The van der Waals surface area contributed by atoms with Crippen LogP contribution in [0.1, 0.15) is 25.8 Å². The molecule has 4 nitrogen and oxygen atoms in total. The largest absolute Gasteiger partial charge is 0.379 e. The summed E-state index contributed by atoms with van der Waals surface area (Å²) in [5, 5.41) is 14.0. The van der Waals surface area contributed by atoms with Gasteiger partial charge in [0.05, 0.1) is 4.92 Å². The van der Waals surface area contributed by atoms with E-state index < -0.39 is 0 Å². The fourth-order valence-corrected chi connectivity index (χ4v) is 1.54. The van der Waals surface area contributed by atoms with E-state index in [1.807, 2.05) is 6.07 Å². The summed E-state index contributed by atoms with van der Waals surface area (Å²) in [4.78, 5) is 10.6. The van der Waals surface area contributed by atoms with Crippen LogP contribution < -0.4 is 5.32 Å². The Balaban J connectivity index is 2.79. The maximum Gasteiger partial charge on any atom is 0.295 e. The molecule has 0 atom stereocenters. The van der Waals surface area contributed by atoms with Gasteiger partial charge in [0.15, 0.2) is 0 Å². The van der Waals surface area contributed by atoms with Gasteiger partial charge in [0.1, 0.15) is 5.69 Å². The van der Waals surface area contributed by atoms with E-state index in [9.17, 15) is 10.1 Å². The summed E-state index contributed by atoms with van der Waals surface area (Å²) in [6.45, 7) is 6.78. The summed E-state index contributed by atoms with van der Waals surface area (Å²) < 4.78 is 0. The fourth-order valence-electron chi connectivity index (χ4n) is 1.54. The molecule has 0 fully saturated rings. The molecule has 16 heavy (non-hydrogen) atoms. The Kier molecular flexibility index (Phi) is 4.28. The van der Waals surface area contributed by atoms with Crippen molar-refractivity contribution in [2.24, 2.45) is 5.92 Å². The molecule has 0 aromatic heterocycles. The van der Waals surface area contributed by atoms with Crippen molar-refractivity contribution in [2.45, 2.75) is 27.2 Å². The summed E-state index contributed by atoms with van der Waals surface area (Å²) >= 11 is 0. The second-order valence-corrected chi connectivity index (χ2v) is 4.34. The van der Waals surface area contributed by atoms with Gasteiger partial charge in [-0.25, -0.2) is 0 Å². The van der Waals surface area contributed by atoms with Gasteiger partial charge < -0.3 is 5.32 Å². The molecule has 0 radical (unpaired) electrons. The average molecular weight is 222 g/mol. The number of nitrogens with one attached hydrogen (secondary N) is 1. The van der Waals surface area contributed by atoms with Crippen LogP contribution in [0.4, 0.5) is 11.4 Å². The number of nitro benzene ring substituents is 1. The third-order valence-corrected chi connectivity index (χ3v) is 2.46. The molecule has 1 aromatic rings. The molecule has 1 aromatic carbocycles. The van der Waals surface area contributed by atoms with Gasteiger partial charge >= 0.3 is 0 Å². The van der Waals surface area contributed by atoms with Crippen molar-refractivity contribution >= 4 is 11.4 Å². The number of rotatable bonds is 5. The lowest BCUT2D eigenvalue weighted by Crippen LogP contribution is -2.07. The van der Waals surface area contributed by atoms with E-state index in [4.69, 9.17) is 0 Å². The molecule has 4 heteroatoms. The molecule has 88 valence electrons. The van der Waals surface area contributed by atoms with Crippen LogP contribution in [0.3, 0.4) is 0 Å². The van der Waals surface area contributed by atoms with E-state index in [0.717, 1.165) is 13.0 Å². The molecule has 0 aliphatic carbocycles. The third-order valence-electron chi connectivity index (χ3n) is 2.46. The maximum atomic E-state index is 10.9. The highest BCUT2D eigenvalue weighted by atomic mass is 16.6. The van der Waals surface area contributed by atoms with Crippen LogP contribution in [-0.4, -0.2) is 11.5 Å². The quantitative estimate of drug-likeness (QED) is 0.614. The van der Waals surface area contributed by atoms with E-state index in [1.165, 1.54) is 0 Å². The number of benzene rings is 1. The van der Waals surface area contributed by atoms with Gasteiger partial charge in [-0.05, 0) is 25.3 Å². The van der Waals surface area contributed by atoms with E-state index >= 15 is 0 Å². The molecule has 0 heterocycles. The highest BCUT2D eigenvalue weighted by Crippen LogP contribution is 2.27. The first kappa shape index (κ1) is 12.5. The van der Waals surface area contributed by atoms with Crippen molar-refractivity contribution < 1.29 is 4.92 Å². The molecule has 1 N–H and O–H groups in total. The zero-order valence-corrected chi connectivity index (χ0v) is 9.99. The molecule has 0 bridgehead atoms. The zero-order valence-electron chi connectivity index (χ0n) is 9.99. The van der Waals surface area contributed by atoms with Crippen LogP contribution in [0, 0.1) is 23.0 Å². The topological polar surface area (TPSA) is 55.2 Å². The fraction of sp³-hybridized carbons (Fsp3) is 0.500. The number of nitrogens with zero attached hydrogens (tertiary/aromatic N) is 1. The van der Waals surface area contributed by atoms with Crippen molar-refractivity contribution in [3.63, 3.8) is 0 Å². The minimum atomic E-state index is -0.326. The van der Waals surface area contributed by atoms with Crippen LogP contribution in [0.15, 0.2) is 18.2 Å². The number of hydrogen-bond acceptors (Lipinski definition) is 3. The predicted molar refractivity (Wildman–Crippen MR) is 65.8 cm³/mol. The number of nitro groups is 1. The minimum Gasteiger partial charge on any atom is -0.379 e. The van der Waals surface area contributed by atoms with Gasteiger partial charge in [0.2, 0.25) is 0 Å². The Morgan fingerprint density at radius 2 is 2.12 bits per heavy atom. The molecule has 0 amide bonds. The molecule has 1 rings (SSSR count). The summed E-state index contributed by atoms with van der Waals surface area (Å²) in [6.07, 6.45) is 1.01. The summed E-state index contributed by atoms with van der Waals surface area (Å²) in [5.74, 6) is 0.594. The van der Waals surface area contributed by atoms with Crippen LogP contribution >= 0.6 is 0 Å². The molecule has 0 unspecified atom stereocenters. The van der Waals surface area contributed by atoms with Crippen molar-refractivity contribution in [3.05, 3.63) is 33.9 Å². The van der Waals surface area contributed by atoms with E-state index in [1.54, 1.807) is 19.1 Å². The van der Waals surface area contributed by atoms with E-state index in [-0.39, 0.29) is 10.6 Å². The normalized spacial score (nSPS) is 10.5. The van der Waals surface area contributed by atoms with Crippen LogP contribution in [0.2, 0.25) is 0 Å². The van der Waals surface area contributed by atoms with Crippen molar-refractivity contribution in [2.75, 3.05) is 11.9 Å². The van der Waals surface area contributed by atoms with Gasteiger partial charge in [-0.15, -0.1) is 0 Å². The molecule has 0 saturated carbocycles. The smallest absolute Gasteiger partial charge is 0.295 e. The van der Waals surface area contributed by atoms with Crippen molar-refractivity contribution in [3.8, 4) is 0 Å². The number of aryl methyl sites for hydroxylation is 1. The van der Waals surface area contributed by atoms with Gasteiger partial charge in [-0.2, -0.15) is 0 Å². The number of hydrogen-bond donors (Lipinski definition) is 1. The molecule has 0 saturated heterocycles. The first-order chi connectivity index (χ1) is 7.52. The second kappa shape index (κ2) is 5.49. The highest BCUT2D eigenvalue weighted by Gasteiger charge is 2.15. The predicted octanol–water partition coefficient (Wildman–Crippen LogP) is 3.36. The zero-order chi connectivity index (χ0) is 12.1. The second-order valence-electron chi connectivity index (χ2n) is 4.34. The lowest BCUT2D eigenvalue weighted by molar-refractivity contribution is -0.384. The Morgan fingerprint density at radius 3 is 2.69 bits per heavy atom. The van der Waals surface area contributed by atoms with Crippen LogP contribution in [0.25, 0.3) is 0 Å². The van der Waals surface area contributed by atoms with Crippen molar-refractivity contribution in [1.82, 2.24) is 0 Å². The maximum absolute atomic E-state index is 10.9. The SMILES string of the molecule is Cc1cccc(NCCC(C)C)c1[N+](=O)[O-]. The molecular formula is C12H18N2O2. The standard InChI is InChI=1S/C12H18N2O2/c1-9(2)7-8-13-11-6-4-5-10(3)12(11)14(15)16/h4-6,9,13H,7-8H2,1-3H3. The molecule has 0 aliphatic rings. The molecular weight excluding hydrogens is 204 g/mol. The first-order valence-corrected chi connectivity index (χ1v) is 5.50. The summed E-state index contributed by atoms with van der Waals surface area (Å²) in [7, 11) is 0.